The third kappa shape index (κ3) is 5.61. The Hall–Kier alpha value is -1.07. The molecule has 0 aliphatic carbocycles. The maximum Gasteiger partial charge on any atom is 0.150 e. The second-order valence-electron chi connectivity index (χ2n) is 4.43. The van der Waals surface area contributed by atoms with Crippen LogP contribution in [0.1, 0.15) is 38.4 Å². The number of benzene rings is 1. The van der Waals surface area contributed by atoms with E-state index >= 15 is 0 Å². The predicted molar refractivity (Wildman–Crippen MR) is 76.1 cm³/mol. The molecule has 19 heavy (non-hydrogen) atoms. The SMILES string of the molecule is CC[C@@H](O)c1ccc(OCCCS(=O)(=O)CC)cc1. The average Bonchev–Trinajstić information content (AvgIpc) is 2.43. The highest BCUT2D eigenvalue weighted by atomic mass is 32.2. The quantitative estimate of drug-likeness (QED) is 0.745. The van der Waals surface area contributed by atoms with Crippen LogP contribution in [0, 0.1) is 0 Å². The smallest absolute Gasteiger partial charge is 0.150 e. The molecule has 108 valence electrons. The molecule has 0 fully saturated rings. The molecule has 4 nitrogen and oxygen atoms in total. The van der Waals surface area contributed by atoms with E-state index in [4.69, 9.17) is 4.74 Å². The van der Waals surface area contributed by atoms with Crippen LogP contribution in [-0.2, 0) is 9.84 Å². The number of sulfone groups is 1. The van der Waals surface area contributed by atoms with Gasteiger partial charge in [0.1, 0.15) is 15.6 Å². The Bertz CT molecular complexity index is 465. The lowest BCUT2D eigenvalue weighted by Crippen LogP contribution is -2.11. The molecule has 5 heteroatoms. The molecule has 1 N–H and O–H groups in total. The van der Waals surface area contributed by atoms with Gasteiger partial charge in [-0.3, -0.25) is 0 Å². The summed E-state index contributed by atoms with van der Waals surface area (Å²) in [4.78, 5) is 0. The Morgan fingerprint density at radius 3 is 2.37 bits per heavy atom. The summed E-state index contributed by atoms with van der Waals surface area (Å²) in [5, 5.41) is 9.64. The van der Waals surface area contributed by atoms with Crippen molar-refractivity contribution in [1.82, 2.24) is 0 Å². The fraction of sp³-hybridized carbons (Fsp3) is 0.571. The van der Waals surface area contributed by atoms with Crippen molar-refractivity contribution in [3.05, 3.63) is 29.8 Å². The molecule has 0 unspecified atom stereocenters. The molecule has 1 atom stereocenters. The van der Waals surface area contributed by atoms with Gasteiger partial charge in [0.2, 0.25) is 0 Å². The lowest BCUT2D eigenvalue weighted by Gasteiger charge is -2.10. The largest absolute Gasteiger partial charge is 0.494 e. The van der Waals surface area contributed by atoms with Crippen LogP contribution in [0.4, 0.5) is 0 Å². The van der Waals surface area contributed by atoms with Gasteiger partial charge in [0, 0.05) is 5.75 Å². The van der Waals surface area contributed by atoms with Gasteiger partial charge in [0.25, 0.3) is 0 Å². The number of aliphatic hydroxyl groups is 1. The van der Waals surface area contributed by atoms with Crippen LogP contribution in [0.25, 0.3) is 0 Å². The van der Waals surface area contributed by atoms with Crippen molar-refractivity contribution in [3.63, 3.8) is 0 Å². The second-order valence-corrected chi connectivity index (χ2v) is 6.90. The molecule has 0 saturated carbocycles. The Kier molecular flexibility index (Phi) is 6.31. The highest BCUT2D eigenvalue weighted by Crippen LogP contribution is 2.19. The van der Waals surface area contributed by atoms with Crippen molar-refractivity contribution in [3.8, 4) is 5.75 Å². The summed E-state index contributed by atoms with van der Waals surface area (Å²) in [5.41, 5.74) is 0.864. The molecule has 0 aliphatic rings. The fourth-order valence-electron chi connectivity index (χ4n) is 1.64. The van der Waals surface area contributed by atoms with Crippen molar-refractivity contribution in [1.29, 1.82) is 0 Å². The first kappa shape index (κ1) is 16.0. The summed E-state index contributed by atoms with van der Waals surface area (Å²) < 4.78 is 28.0. The van der Waals surface area contributed by atoms with Crippen LogP contribution >= 0.6 is 0 Å². The first-order chi connectivity index (χ1) is 8.98. The van der Waals surface area contributed by atoms with Crippen molar-refractivity contribution >= 4 is 9.84 Å². The van der Waals surface area contributed by atoms with Crippen LogP contribution in [0.3, 0.4) is 0 Å². The highest BCUT2D eigenvalue weighted by molar-refractivity contribution is 7.91. The zero-order valence-corrected chi connectivity index (χ0v) is 12.3. The van der Waals surface area contributed by atoms with Crippen LogP contribution in [0.15, 0.2) is 24.3 Å². The van der Waals surface area contributed by atoms with Crippen LogP contribution in [0.5, 0.6) is 5.75 Å². The van der Waals surface area contributed by atoms with Gasteiger partial charge < -0.3 is 9.84 Å². The third-order valence-electron chi connectivity index (χ3n) is 2.96. The number of hydrogen-bond donors (Lipinski definition) is 1. The van der Waals surface area contributed by atoms with E-state index in [2.05, 4.69) is 0 Å². The van der Waals surface area contributed by atoms with E-state index in [1.165, 1.54) is 0 Å². The van der Waals surface area contributed by atoms with E-state index in [0.29, 0.717) is 25.2 Å². The molecular formula is C14H22O4S. The van der Waals surface area contributed by atoms with Gasteiger partial charge in [-0.15, -0.1) is 0 Å². The number of hydrogen-bond acceptors (Lipinski definition) is 4. The van der Waals surface area contributed by atoms with Crippen molar-refractivity contribution < 1.29 is 18.3 Å². The molecule has 0 aromatic heterocycles. The van der Waals surface area contributed by atoms with Crippen molar-refractivity contribution in [2.75, 3.05) is 18.1 Å². The van der Waals surface area contributed by atoms with E-state index < -0.39 is 15.9 Å². The minimum absolute atomic E-state index is 0.163. The number of aliphatic hydroxyl groups excluding tert-OH is 1. The first-order valence-corrected chi connectivity index (χ1v) is 8.42. The second kappa shape index (κ2) is 7.50. The molecular weight excluding hydrogens is 264 g/mol. The summed E-state index contributed by atoms with van der Waals surface area (Å²) in [7, 11) is -2.91. The third-order valence-corrected chi connectivity index (χ3v) is 4.75. The van der Waals surface area contributed by atoms with E-state index in [1.807, 2.05) is 19.1 Å². The topological polar surface area (TPSA) is 63.6 Å². The van der Waals surface area contributed by atoms with E-state index in [0.717, 1.165) is 5.56 Å². The zero-order chi connectivity index (χ0) is 14.3. The molecule has 0 spiro atoms. The monoisotopic (exact) mass is 286 g/mol. The average molecular weight is 286 g/mol. The lowest BCUT2D eigenvalue weighted by atomic mass is 10.1. The van der Waals surface area contributed by atoms with Crippen LogP contribution in [-0.4, -0.2) is 31.6 Å². The van der Waals surface area contributed by atoms with Gasteiger partial charge in [-0.25, -0.2) is 8.42 Å². The summed E-state index contributed by atoms with van der Waals surface area (Å²) in [6.07, 6.45) is 0.730. The minimum Gasteiger partial charge on any atom is -0.494 e. The molecule has 0 amide bonds. The van der Waals surface area contributed by atoms with E-state index in [1.54, 1.807) is 19.1 Å². The molecule has 0 heterocycles. The van der Waals surface area contributed by atoms with Crippen molar-refractivity contribution in [2.45, 2.75) is 32.8 Å². The first-order valence-electron chi connectivity index (χ1n) is 6.59. The van der Waals surface area contributed by atoms with Gasteiger partial charge in [0.05, 0.1) is 18.5 Å². The summed E-state index contributed by atoms with van der Waals surface area (Å²) >= 11 is 0. The molecule has 1 aromatic carbocycles. The Morgan fingerprint density at radius 1 is 1.21 bits per heavy atom. The standard InChI is InChI=1S/C14H22O4S/c1-3-14(15)12-6-8-13(9-7-12)18-10-5-11-19(16,17)4-2/h6-9,14-15H,3-5,10-11H2,1-2H3/t14-/m1/s1. The van der Waals surface area contributed by atoms with Gasteiger partial charge in [0.15, 0.2) is 0 Å². The number of rotatable bonds is 8. The molecule has 0 bridgehead atoms. The van der Waals surface area contributed by atoms with Gasteiger partial charge >= 0.3 is 0 Å². The molecule has 0 saturated heterocycles. The van der Waals surface area contributed by atoms with Gasteiger partial charge in [-0.05, 0) is 30.5 Å². The summed E-state index contributed by atoms with van der Waals surface area (Å²) in [5.74, 6) is 1.04. The van der Waals surface area contributed by atoms with E-state index in [-0.39, 0.29) is 11.5 Å². The maximum absolute atomic E-state index is 11.3. The number of ether oxygens (including phenoxy) is 1. The molecule has 1 aromatic rings. The van der Waals surface area contributed by atoms with Gasteiger partial charge in [-0.2, -0.15) is 0 Å². The Labute approximate surface area is 115 Å². The molecule has 0 radical (unpaired) electrons. The minimum atomic E-state index is -2.91. The molecule has 0 aliphatic heterocycles. The lowest BCUT2D eigenvalue weighted by molar-refractivity contribution is 0.173. The van der Waals surface area contributed by atoms with Crippen LogP contribution < -0.4 is 4.74 Å². The molecule has 1 rings (SSSR count). The highest BCUT2D eigenvalue weighted by Gasteiger charge is 2.07. The van der Waals surface area contributed by atoms with E-state index in [9.17, 15) is 13.5 Å². The zero-order valence-electron chi connectivity index (χ0n) is 11.5. The Morgan fingerprint density at radius 2 is 1.84 bits per heavy atom. The normalized spacial score (nSPS) is 13.2. The Balaban J connectivity index is 2.38. The summed E-state index contributed by atoms with van der Waals surface area (Å²) in [6.45, 7) is 3.95. The maximum atomic E-state index is 11.3. The van der Waals surface area contributed by atoms with Gasteiger partial charge in [-0.1, -0.05) is 26.0 Å². The van der Waals surface area contributed by atoms with Crippen molar-refractivity contribution in [2.24, 2.45) is 0 Å². The summed E-state index contributed by atoms with van der Waals surface area (Å²) in [6, 6.07) is 7.24. The fourth-order valence-corrected chi connectivity index (χ4v) is 2.48. The van der Waals surface area contributed by atoms with Crippen LogP contribution in [0.2, 0.25) is 0 Å². The predicted octanol–water partition coefficient (Wildman–Crippen LogP) is 2.33.